The molecule has 8 nitrogen and oxygen atoms in total. The van der Waals surface area contributed by atoms with Gasteiger partial charge in [-0.25, -0.2) is 9.78 Å². The first-order valence-electron chi connectivity index (χ1n) is 14.0. The van der Waals surface area contributed by atoms with Gasteiger partial charge in [0.2, 0.25) is 5.91 Å². The number of aromatic nitrogens is 2. The maximum absolute atomic E-state index is 12.8. The topological polar surface area (TPSA) is 90.6 Å². The molecule has 0 saturated carbocycles. The highest BCUT2D eigenvalue weighted by Gasteiger charge is 2.21. The minimum absolute atomic E-state index is 0. The summed E-state index contributed by atoms with van der Waals surface area (Å²) in [6.45, 7) is 14.3. The number of H-pyrrole nitrogens is 1. The van der Waals surface area contributed by atoms with Crippen LogP contribution in [0.1, 0.15) is 38.2 Å². The van der Waals surface area contributed by atoms with Gasteiger partial charge >= 0.3 is 5.97 Å². The fourth-order valence-electron chi connectivity index (χ4n) is 5.17. The van der Waals surface area contributed by atoms with Crippen LogP contribution in [0.4, 0.5) is 5.69 Å². The van der Waals surface area contributed by atoms with E-state index in [0.717, 1.165) is 66.1 Å². The van der Waals surface area contributed by atoms with Crippen molar-refractivity contribution < 1.29 is 17.2 Å². The minimum atomic E-state index is -0.417. The second kappa shape index (κ2) is 12.1. The monoisotopic (exact) mass is 555 g/mol. The number of ether oxygens (including phenoxy) is 1. The predicted octanol–water partition coefficient (Wildman–Crippen LogP) is 6.13. The van der Waals surface area contributed by atoms with Crippen molar-refractivity contribution in [3.05, 3.63) is 84.1 Å². The molecule has 2 N–H and O–H groups in total. The normalized spacial score (nSPS) is 14.4. The summed E-state index contributed by atoms with van der Waals surface area (Å²) in [7, 11) is 2.16. The third-order valence-corrected chi connectivity index (χ3v) is 7.42. The van der Waals surface area contributed by atoms with Gasteiger partial charge in [0.25, 0.3) is 0 Å². The van der Waals surface area contributed by atoms with E-state index >= 15 is 0 Å². The van der Waals surface area contributed by atoms with Crippen LogP contribution < -0.4 is 5.32 Å². The first-order chi connectivity index (χ1) is 19.7. The molecule has 5 rings (SSSR count). The van der Waals surface area contributed by atoms with Gasteiger partial charge in [-0.2, -0.15) is 0 Å². The molecule has 0 radical (unpaired) electrons. The number of hydrogen-bond donors (Lipinski definition) is 2. The predicted molar refractivity (Wildman–Crippen MR) is 168 cm³/mol. The fourth-order valence-corrected chi connectivity index (χ4v) is 5.17. The molecule has 1 aliphatic heterocycles. The van der Waals surface area contributed by atoms with Crippen molar-refractivity contribution in [1.82, 2.24) is 19.8 Å². The zero-order valence-electron chi connectivity index (χ0n) is 24.2. The van der Waals surface area contributed by atoms with Crippen molar-refractivity contribution in [3.63, 3.8) is 0 Å². The molecule has 8 heteroatoms. The maximum atomic E-state index is 12.8. The fraction of sp³-hybridized carbons (Fsp3) is 0.303. The van der Waals surface area contributed by atoms with Crippen LogP contribution in [0.3, 0.4) is 0 Å². The molecule has 1 fully saturated rings. The van der Waals surface area contributed by atoms with Crippen molar-refractivity contribution in [1.29, 1.82) is 0 Å². The number of aryl methyl sites for hydroxylation is 1. The summed E-state index contributed by atoms with van der Waals surface area (Å²) in [6.07, 6.45) is 2.56. The highest BCUT2D eigenvalue weighted by Crippen LogP contribution is 2.40. The number of hydrogen-bond acceptors (Lipinski definition) is 6. The number of esters is 1. The molecule has 0 bridgehead atoms. The van der Waals surface area contributed by atoms with E-state index in [1.807, 2.05) is 45.0 Å². The molecule has 2 aromatic carbocycles. The highest BCUT2D eigenvalue weighted by atomic mass is 16.5. The summed E-state index contributed by atoms with van der Waals surface area (Å²) >= 11 is 0. The lowest BCUT2D eigenvalue weighted by Crippen LogP contribution is -2.43. The van der Waals surface area contributed by atoms with E-state index in [9.17, 15) is 9.59 Å². The Labute approximate surface area is 244 Å². The number of fused-ring (bicyclic) bond motifs is 1. The molecule has 0 atom stereocenters. The number of nitrogens with zero attached hydrogens (tertiary/aromatic N) is 3. The Balaban J connectivity index is 0.00000253. The largest absolute Gasteiger partial charge is 0.459 e. The van der Waals surface area contributed by atoms with Gasteiger partial charge in [-0.05, 0) is 74.3 Å². The number of pyridine rings is 1. The van der Waals surface area contributed by atoms with E-state index in [1.54, 1.807) is 6.20 Å². The van der Waals surface area contributed by atoms with Crippen molar-refractivity contribution >= 4 is 28.6 Å². The van der Waals surface area contributed by atoms with Gasteiger partial charge < -0.3 is 19.9 Å². The summed E-state index contributed by atoms with van der Waals surface area (Å²) in [4.78, 5) is 37.9. The minimum Gasteiger partial charge on any atom is -0.459 e. The van der Waals surface area contributed by atoms with Crippen molar-refractivity contribution in [2.75, 3.05) is 38.5 Å². The third kappa shape index (κ3) is 6.39. The van der Waals surface area contributed by atoms with Crippen LogP contribution in [0.2, 0.25) is 0 Å². The van der Waals surface area contributed by atoms with E-state index in [0.29, 0.717) is 16.9 Å². The Bertz CT molecular complexity index is 1610. The molecule has 1 saturated heterocycles. The van der Waals surface area contributed by atoms with E-state index in [1.165, 1.54) is 11.6 Å². The van der Waals surface area contributed by atoms with Crippen LogP contribution in [0.25, 0.3) is 33.4 Å². The Morgan fingerprint density at radius 1 is 1.12 bits per heavy atom. The highest BCUT2D eigenvalue weighted by molar-refractivity contribution is 6.06. The van der Waals surface area contributed by atoms with Crippen LogP contribution in [-0.2, 0) is 16.1 Å². The smallest absolute Gasteiger partial charge is 0.339 e. The summed E-state index contributed by atoms with van der Waals surface area (Å²) in [5.41, 5.74) is 7.61. The van der Waals surface area contributed by atoms with Gasteiger partial charge in [-0.15, -0.1) is 0 Å². The number of carbonyl (C=O) groups excluding carboxylic acids is 2. The number of nitrogens with one attached hydrogen (secondary N) is 2. The summed E-state index contributed by atoms with van der Waals surface area (Å²) in [5.74, 6) is -0.693. The van der Waals surface area contributed by atoms with Crippen molar-refractivity contribution in [2.45, 2.75) is 33.4 Å². The summed E-state index contributed by atoms with van der Waals surface area (Å²) < 4.78 is 5.45. The second-order valence-electron chi connectivity index (χ2n) is 11.0. The van der Waals surface area contributed by atoms with Crippen LogP contribution in [0, 0.1) is 6.92 Å². The third-order valence-electron chi connectivity index (χ3n) is 7.42. The van der Waals surface area contributed by atoms with Crippen LogP contribution in [0.15, 0.2) is 67.4 Å². The summed E-state index contributed by atoms with van der Waals surface area (Å²) in [5, 5.41) is 3.71. The van der Waals surface area contributed by atoms with Gasteiger partial charge in [0.05, 0.1) is 17.4 Å². The number of rotatable bonds is 8. The standard InChI is InChI=1S/C33H37N5O3.2H2/c1-6-29(39)35-28-18-24(11-10-22(28)4)30-27-17-26(33(40)41-21(2)3)19-34-32(27)36-31(30)25-9-7-8-23(16-25)20-38-14-12-37(5)13-15-38;;/h6-11,16-19,21H,1,12-15,20H2,2-5H3,(H,34,36)(H,35,39);2*1H. The number of amides is 1. The summed E-state index contributed by atoms with van der Waals surface area (Å²) in [6, 6.07) is 16.3. The van der Waals surface area contributed by atoms with E-state index in [-0.39, 0.29) is 14.9 Å². The van der Waals surface area contributed by atoms with Crippen molar-refractivity contribution in [2.24, 2.45) is 0 Å². The Morgan fingerprint density at radius 3 is 2.63 bits per heavy atom. The molecule has 0 spiro atoms. The molecule has 3 heterocycles. The molecule has 0 aliphatic carbocycles. The number of anilines is 1. The van der Waals surface area contributed by atoms with Crippen LogP contribution >= 0.6 is 0 Å². The average molecular weight is 556 g/mol. The molecule has 0 unspecified atom stereocenters. The van der Waals surface area contributed by atoms with E-state index in [2.05, 4.69) is 63.0 Å². The second-order valence-corrected chi connectivity index (χ2v) is 11.0. The molecule has 1 aliphatic rings. The van der Waals surface area contributed by atoms with Gasteiger partial charge in [0, 0.05) is 58.4 Å². The van der Waals surface area contributed by atoms with Gasteiger partial charge in [0.1, 0.15) is 5.65 Å². The van der Waals surface area contributed by atoms with Crippen LogP contribution in [0.5, 0.6) is 0 Å². The lowest BCUT2D eigenvalue weighted by molar-refractivity contribution is -0.111. The quantitative estimate of drug-likeness (QED) is 0.201. The lowest BCUT2D eigenvalue weighted by Gasteiger charge is -2.32. The van der Waals surface area contributed by atoms with Gasteiger partial charge in [-0.3, -0.25) is 9.69 Å². The number of piperazine rings is 1. The maximum Gasteiger partial charge on any atom is 0.339 e. The Kier molecular flexibility index (Phi) is 8.33. The first-order valence-corrected chi connectivity index (χ1v) is 14.0. The number of carbonyl (C=O) groups is 2. The Morgan fingerprint density at radius 2 is 1.90 bits per heavy atom. The zero-order valence-corrected chi connectivity index (χ0v) is 24.2. The van der Waals surface area contributed by atoms with E-state index in [4.69, 9.17) is 4.74 Å². The van der Waals surface area contributed by atoms with Gasteiger partial charge in [-0.1, -0.05) is 36.9 Å². The van der Waals surface area contributed by atoms with Crippen molar-refractivity contribution in [3.8, 4) is 22.4 Å². The first kappa shape index (κ1) is 28.3. The Hall–Kier alpha value is -4.27. The molecule has 1 amide bonds. The molecule has 4 aromatic rings. The molecular formula is C33H41N5O3. The zero-order chi connectivity index (χ0) is 29.1. The molecule has 41 heavy (non-hydrogen) atoms. The van der Waals surface area contributed by atoms with Gasteiger partial charge in [0.15, 0.2) is 0 Å². The van der Waals surface area contributed by atoms with E-state index < -0.39 is 5.97 Å². The average Bonchev–Trinajstić information content (AvgIpc) is 3.34. The molecule has 216 valence electrons. The molecule has 2 aromatic heterocycles. The molecular weight excluding hydrogens is 514 g/mol. The van der Waals surface area contributed by atoms with Crippen LogP contribution in [-0.4, -0.2) is 71.0 Å². The SMILES string of the molecule is C=CC(=O)Nc1cc(-c2c(-c3cccc(CN4CCN(C)CC4)c3)[nH]c3ncc(C(=O)OC(C)C)cc23)ccc1C.[HH].[HH]. The number of likely N-dealkylation sites (N-methyl/N-ethyl adjacent to an activating group) is 1. The number of benzene rings is 2. The number of aromatic amines is 1. The lowest BCUT2D eigenvalue weighted by atomic mass is 9.96.